The van der Waals surface area contributed by atoms with Crippen molar-refractivity contribution in [3.8, 4) is 0 Å². The molecule has 0 spiro atoms. The summed E-state index contributed by atoms with van der Waals surface area (Å²) >= 11 is 0. The van der Waals surface area contributed by atoms with Crippen LogP contribution in [0.25, 0.3) is 10.9 Å². The highest BCUT2D eigenvalue weighted by atomic mass is 16.4. The number of fused-ring (bicyclic) bond motifs is 1. The molecule has 2 heterocycles. The minimum absolute atomic E-state index is 0.0691. The smallest absolute Gasteiger partial charge is 0.326 e. The number of H-pyrrole nitrogens is 1. The number of nitrogens with one attached hydrogen (secondary N) is 3. The number of hydrogen-bond acceptors (Lipinski definition) is 7. The van der Waals surface area contributed by atoms with Crippen molar-refractivity contribution in [2.75, 3.05) is 6.54 Å². The molecule has 2 aromatic rings. The zero-order valence-corrected chi connectivity index (χ0v) is 20.4. The molecule has 9 N–H and O–H groups in total. The fraction of sp³-hybridized carbons (Fsp3) is 0.417. The van der Waals surface area contributed by atoms with Crippen LogP contribution in [0.5, 0.6) is 0 Å². The Morgan fingerprint density at radius 3 is 2.37 bits per heavy atom. The van der Waals surface area contributed by atoms with E-state index in [0.29, 0.717) is 12.0 Å². The lowest BCUT2D eigenvalue weighted by molar-refractivity contribution is -0.150. The normalized spacial score (nSPS) is 17.4. The molecule has 1 fully saturated rings. The van der Waals surface area contributed by atoms with Gasteiger partial charge < -0.3 is 42.2 Å². The number of rotatable bonds is 12. The van der Waals surface area contributed by atoms with Crippen LogP contribution in [0.4, 0.5) is 0 Å². The summed E-state index contributed by atoms with van der Waals surface area (Å²) < 4.78 is 0. The number of carbonyl (C=O) groups excluding carboxylic acids is 4. The average molecular weight is 531 g/mol. The Balaban J connectivity index is 1.86. The van der Waals surface area contributed by atoms with E-state index in [4.69, 9.17) is 11.5 Å². The number of nitrogens with zero attached hydrogens (tertiary/aromatic N) is 1. The van der Waals surface area contributed by atoms with Crippen LogP contribution in [-0.4, -0.2) is 86.4 Å². The van der Waals surface area contributed by atoms with E-state index in [1.807, 2.05) is 12.1 Å². The molecule has 38 heavy (non-hydrogen) atoms. The first-order valence-electron chi connectivity index (χ1n) is 11.9. The number of para-hydroxylation sites is 1. The van der Waals surface area contributed by atoms with E-state index in [-0.39, 0.29) is 19.4 Å². The van der Waals surface area contributed by atoms with Crippen LogP contribution in [0.2, 0.25) is 0 Å². The maximum absolute atomic E-state index is 13.4. The quantitative estimate of drug-likeness (QED) is 0.167. The zero-order chi connectivity index (χ0) is 28.0. The topological polar surface area (TPSA) is 238 Å². The van der Waals surface area contributed by atoms with Gasteiger partial charge >= 0.3 is 11.9 Å². The Labute approximate surface area is 216 Å². The predicted octanol–water partition coefficient (Wildman–Crippen LogP) is -1.57. The van der Waals surface area contributed by atoms with Crippen molar-refractivity contribution in [2.45, 2.75) is 56.3 Å². The molecular weight excluding hydrogens is 500 g/mol. The van der Waals surface area contributed by atoms with E-state index in [1.54, 1.807) is 18.3 Å². The second-order valence-electron chi connectivity index (χ2n) is 9.09. The number of amides is 4. The first-order chi connectivity index (χ1) is 18.0. The summed E-state index contributed by atoms with van der Waals surface area (Å²) in [6.07, 6.45) is 0.906. The van der Waals surface area contributed by atoms with Crippen LogP contribution in [0.1, 0.15) is 31.2 Å². The molecule has 0 saturated carbocycles. The van der Waals surface area contributed by atoms with Crippen molar-refractivity contribution in [1.29, 1.82) is 0 Å². The lowest BCUT2D eigenvalue weighted by Crippen LogP contribution is -2.58. The number of aliphatic carboxylic acids is 2. The fourth-order valence-electron chi connectivity index (χ4n) is 4.45. The molecule has 4 atom stereocenters. The van der Waals surface area contributed by atoms with Gasteiger partial charge in [-0.25, -0.2) is 4.79 Å². The molecule has 4 amide bonds. The number of aromatic amines is 1. The second-order valence-corrected chi connectivity index (χ2v) is 9.09. The predicted molar refractivity (Wildman–Crippen MR) is 132 cm³/mol. The summed E-state index contributed by atoms with van der Waals surface area (Å²) in [5.41, 5.74) is 12.2. The maximum atomic E-state index is 13.4. The van der Waals surface area contributed by atoms with Crippen molar-refractivity contribution < 1.29 is 39.0 Å². The third kappa shape index (κ3) is 6.85. The minimum Gasteiger partial charge on any atom is -0.481 e. The molecule has 4 unspecified atom stereocenters. The van der Waals surface area contributed by atoms with Gasteiger partial charge in [0.15, 0.2) is 0 Å². The third-order valence-corrected chi connectivity index (χ3v) is 6.30. The lowest BCUT2D eigenvalue weighted by atomic mass is 10.0. The summed E-state index contributed by atoms with van der Waals surface area (Å²) in [6, 6.07) is 1.82. The van der Waals surface area contributed by atoms with Crippen LogP contribution in [-0.2, 0) is 35.2 Å². The molecule has 1 saturated heterocycles. The highest BCUT2D eigenvalue weighted by Crippen LogP contribution is 2.21. The molecule has 0 radical (unpaired) electrons. The van der Waals surface area contributed by atoms with Crippen LogP contribution in [0, 0.1) is 0 Å². The van der Waals surface area contributed by atoms with Crippen molar-refractivity contribution in [3.63, 3.8) is 0 Å². The van der Waals surface area contributed by atoms with E-state index in [0.717, 1.165) is 15.8 Å². The van der Waals surface area contributed by atoms with Gasteiger partial charge in [0.1, 0.15) is 18.1 Å². The number of aromatic nitrogens is 1. The average Bonchev–Trinajstić information content (AvgIpc) is 3.49. The van der Waals surface area contributed by atoms with Crippen LogP contribution in [0.15, 0.2) is 30.5 Å². The molecule has 1 aromatic carbocycles. The Hall–Kier alpha value is -4.46. The van der Waals surface area contributed by atoms with Gasteiger partial charge in [0.2, 0.25) is 23.6 Å². The molecule has 1 aliphatic heterocycles. The number of carboxylic acid groups (broad SMARTS) is 2. The Morgan fingerprint density at radius 2 is 1.71 bits per heavy atom. The number of benzene rings is 1. The van der Waals surface area contributed by atoms with E-state index in [9.17, 15) is 39.0 Å². The molecule has 1 aromatic heterocycles. The van der Waals surface area contributed by atoms with E-state index in [1.165, 1.54) is 0 Å². The number of hydrogen-bond donors (Lipinski definition) is 7. The molecule has 14 nitrogen and oxygen atoms in total. The number of carboxylic acids is 2. The van der Waals surface area contributed by atoms with Gasteiger partial charge in [-0.05, 0) is 24.5 Å². The van der Waals surface area contributed by atoms with E-state index >= 15 is 0 Å². The summed E-state index contributed by atoms with van der Waals surface area (Å²) in [4.78, 5) is 77.4. The Kier molecular flexibility index (Phi) is 9.02. The monoisotopic (exact) mass is 530 g/mol. The van der Waals surface area contributed by atoms with Crippen LogP contribution in [0.3, 0.4) is 0 Å². The molecule has 3 rings (SSSR count). The third-order valence-electron chi connectivity index (χ3n) is 6.30. The van der Waals surface area contributed by atoms with Gasteiger partial charge in [0, 0.05) is 30.1 Å². The highest BCUT2D eigenvalue weighted by Gasteiger charge is 2.39. The fourth-order valence-corrected chi connectivity index (χ4v) is 4.45. The van der Waals surface area contributed by atoms with Crippen LogP contribution >= 0.6 is 0 Å². The number of likely N-dealkylation sites (tertiary alicyclic amines) is 1. The van der Waals surface area contributed by atoms with Gasteiger partial charge in [0.05, 0.1) is 18.9 Å². The standard InChI is InChI=1S/C24H30N6O8/c25-14(9-19(26)31)21(34)28-16(8-12-11-27-15-5-2-1-4-13(12)15)22(35)29-17(10-20(32)33)23(36)30-7-3-6-18(30)24(37)38/h1-2,4-5,11,14,16-18,27H,3,6-10,25H2,(H2,26,31)(H,28,34)(H,29,35)(H,32,33)(H,37,38). The van der Waals surface area contributed by atoms with Crippen LogP contribution < -0.4 is 22.1 Å². The molecule has 204 valence electrons. The van der Waals surface area contributed by atoms with Gasteiger partial charge in [0.25, 0.3) is 0 Å². The second kappa shape index (κ2) is 12.2. The molecule has 14 heteroatoms. The maximum Gasteiger partial charge on any atom is 0.326 e. The summed E-state index contributed by atoms with van der Waals surface area (Å²) in [5.74, 6) is -6.04. The Bertz CT molecular complexity index is 1240. The number of carbonyl (C=O) groups is 6. The summed E-state index contributed by atoms with van der Waals surface area (Å²) in [6.45, 7) is 0.0965. The molecule has 1 aliphatic rings. The van der Waals surface area contributed by atoms with Crippen molar-refractivity contribution in [2.24, 2.45) is 11.5 Å². The van der Waals surface area contributed by atoms with Gasteiger partial charge in [-0.3, -0.25) is 24.0 Å². The summed E-state index contributed by atoms with van der Waals surface area (Å²) in [7, 11) is 0. The van der Waals surface area contributed by atoms with E-state index in [2.05, 4.69) is 15.6 Å². The largest absolute Gasteiger partial charge is 0.481 e. The van der Waals surface area contributed by atoms with Gasteiger partial charge in [-0.1, -0.05) is 18.2 Å². The minimum atomic E-state index is -1.58. The SMILES string of the molecule is NC(=O)CC(N)C(=O)NC(Cc1c[nH]c2ccccc12)C(=O)NC(CC(=O)O)C(=O)N1CCCC1C(=O)O. The molecule has 0 aliphatic carbocycles. The molecule has 0 bridgehead atoms. The first-order valence-corrected chi connectivity index (χ1v) is 11.9. The zero-order valence-electron chi connectivity index (χ0n) is 20.4. The van der Waals surface area contributed by atoms with Crippen molar-refractivity contribution in [3.05, 3.63) is 36.0 Å². The van der Waals surface area contributed by atoms with Crippen molar-refractivity contribution >= 4 is 46.5 Å². The van der Waals surface area contributed by atoms with Crippen molar-refractivity contribution in [1.82, 2.24) is 20.5 Å². The number of primary amides is 1. The first kappa shape index (κ1) is 28.1. The lowest BCUT2D eigenvalue weighted by Gasteiger charge is -2.28. The van der Waals surface area contributed by atoms with Gasteiger partial charge in [-0.2, -0.15) is 0 Å². The summed E-state index contributed by atoms with van der Waals surface area (Å²) in [5, 5.41) is 24.4. The number of nitrogens with two attached hydrogens (primary N) is 2. The molecular formula is C24H30N6O8. The van der Waals surface area contributed by atoms with Gasteiger partial charge in [-0.15, -0.1) is 0 Å². The highest BCUT2D eigenvalue weighted by molar-refractivity contribution is 5.97. The Morgan fingerprint density at radius 1 is 1.03 bits per heavy atom. The van der Waals surface area contributed by atoms with E-state index < -0.39 is 72.6 Å².